The second-order valence-electron chi connectivity index (χ2n) is 5.79. The van der Waals surface area contributed by atoms with Crippen molar-refractivity contribution >= 4 is 46.6 Å². The second-order valence-corrected chi connectivity index (χ2v) is 7.61. The summed E-state index contributed by atoms with van der Waals surface area (Å²) in [6.07, 6.45) is 0.662. The zero-order valence-electron chi connectivity index (χ0n) is 14.7. The van der Waals surface area contributed by atoms with Crippen molar-refractivity contribution in [2.75, 3.05) is 11.1 Å². The fourth-order valence-corrected chi connectivity index (χ4v) is 3.59. The summed E-state index contributed by atoms with van der Waals surface area (Å²) in [5.41, 5.74) is 1.82. The van der Waals surface area contributed by atoms with Crippen LogP contribution < -0.4 is 5.32 Å². The fourth-order valence-electron chi connectivity index (χ4n) is 2.52. The maximum atomic E-state index is 12.2. The molecule has 0 saturated heterocycles. The van der Waals surface area contributed by atoms with Gasteiger partial charge in [0.2, 0.25) is 5.91 Å². The lowest BCUT2D eigenvalue weighted by molar-refractivity contribution is -0.113. The topological polar surface area (TPSA) is 59.8 Å². The molecule has 0 spiro atoms. The Labute approximate surface area is 172 Å². The average molecular weight is 421 g/mol. The molecule has 0 bridgehead atoms. The van der Waals surface area contributed by atoms with Gasteiger partial charge in [-0.1, -0.05) is 47.1 Å². The van der Waals surface area contributed by atoms with Crippen molar-refractivity contribution in [3.63, 3.8) is 0 Å². The first kappa shape index (κ1) is 19.7. The van der Waals surface area contributed by atoms with E-state index in [0.29, 0.717) is 22.2 Å². The fraction of sp³-hybridized carbons (Fsp3) is 0.211. The van der Waals surface area contributed by atoms with E-state index in [0.717, 1.165) is 23.1 Å². The molecule has 1 heterocycles. The summed E-state index contributed by atoms with van der Waals surface area (Å²) < 4.78 is 2.02. The molecule has 0 atom stereocenters. The molecule has 0 aliphatic heterocycles. The van der Waals surface area contributed by atoms with Crippen molar-refractivity contribution in [3.05, 3.63) is 70.0 Å². The lowest BCUT2D eigenvalue weighted by Crippen LogP contribution is -2.14. The molecule has 1 amide bonds. The minimum absolute atomic E-state index is 0.104. The van der Waals surface area contributed by atoms with Crippen LogP contribution in [-0.4, -0.2) is 26.4 Å². The largest absolute Gasteiger partial charge is 0.325 e. The van der Waals surface area contributed by atoms with E-state index in [-0.39, 0.29) is 11.7 Å². The molecule has 3 rings (SSSR count). The first-order valence-corrected chi connectivity index (χ1v) is 10.1. The zero-order valence-corrected chi connectivity index (χ0v) is 17.0. The Hall–Kier alpha value is -2.02. The number of thioether (sulfide) groups is 1. The summed E-state index contributed by atoms with van der Waals surface area (Å²) in [6.45, 7) is 2.77. The third kappa shape index (κ3) is 5.48. The van der Waals surface area contributed by atoms with Gasteiger partial charge in [-0.3, -0.25) is 4.79 Å². The Morgan fingerprint density at radius 1 is 1.04 bits per heavy atom. The van der Waals surface area contributed by atoms with Crippen molar-refractivity contribution in [2.24, 2.45) is 0 Å². The Morgan fingerprint density at radius 2 is 1.67 bits per heavy atom. The number of nitrogens with one attached hydrogen (secondary N) is 1. The highest BCUT2D eigenvalue weighted by molar-refractivity contribution is 7.99. The van der Waals surface area contributed by atoms with Crippen LogP contribution in [0.2, 0.25) is 10.0 Å². The molecule has 140 valence electrons. The molecule has 1 N–H and O–H groups in total. The molecule has 0 fully saturated rings. The van der Waals surface area contributed by atoms with Crippen molar-refractivity contribution in [1.82, 2.24) is 14.8 Å². The number of carbonyl (C=O) groups is 1. The Morgan fingerprint density at radius 3 is 2.30 bits per heavy atom. The van der Waals surface area contributed by atoms with Gasteiger partial charge in [-0.05, 0) is 48.9 Å². The molecule has 0 unspecified atom stereocenters. The summed E-state index contributed by atoms with van der Waals surface area (Å²) in [6, 6.07) is 14.7. The van der Waals surface area contributed by atoms with Crippen molar-refractivity contribution in [1.29, 1.82) is 0 Å². The first-order valence-electron chi connectivity index (χ1n) is 8.40. The number of amides is 1. The average Bonchev–Trinajstić information content (AvgIpc) is 3.05. The third-order valence-electron chi connectivity index (χ3n) is 3.85. The van der Waals surface area contributed by atoms with E-state index in [1.54, 1.807) is 24.3 Å². The minimum Gasteiger partial charge on any atom is -0.325 e. The predicted octanol–water partition coefficient (Wildman–Crippen LogP) is 4.93. The number of halogens is 2. The van der Waals surface area contributed by atoms with Crippen LogP contribution >= 0.6 is 35.0 Å². The van der Waals surface area contributed by atoms with Gasteiger partial charge in [-0.25, -0.2) is 0 Å². The maximum Gasteiger partial charge on any atom is 0.234 e. The SMILES string of the molecule is CCn1c(Cc2ccc(Cl)cc2)nnc1SCC(=O)Nc1ccc(Cl)cc1. The van der Waals surface area contributed by atoms with Crippen LogP contribution in [0.1, 0.15) is 18.3 Å². The lowest BCUT2D eigenvalue weighted by Gasteiger charge is -2.08. The zero-order chi connectivity index (χ0) is 19.2. The molecule has 0 aliphatic carbocycles. The molecular formula is C19H18Cl2N4OS. The van der Waals surface area contributed by atoms with Gasteiger partial charge in [0.05, 0.1) is 5.75 Å². The van der Waals surface area contributed by atoms with Gasteiger partial charge in [0.1, 0.15) is 5.82 Å². The summed E-state index contributed by atoms with van der Waals surface area (Å²) in [5.74, 6) is 1.01. The first-order chi connectivity index (χ1) is 13.0. The number of benzene rings is 2. The normalized spacial score (nSPS) is 10.8. The number of carbonyl (C=O) groups excluding carboxylic acids is 1. The number of anilines is 1. The predicted molar refractivity (Wildman–Crippen MR) is 111 cm³/mol. The summed E-state index contributed by atoms with van der Waals surface area (Å²) in [7, 11) is 0. The van der Waals surface area contributed by atoms with E-state index < -0.39 is 0 Å². The highest BCUT2D eigenvalue weighted by Gasteiger charge is 2.13. The van der Waals surface area contributed by atoms with Crippen LogP contribution in [-0.2, 0) is 17.8 Å². The maximum absolute atomic E-state index is 12.2. The van der Waals surface area contributed by atoms with Crippen molar-refractivity contribution < 1.29 is 4.79 Å². The van der Waals surface area contributed by atoms with E-state index in [9.17, 15) is 4.79 Å². The molecule has 2 aromatic carbocycles. The summed E-state index contributed by atoms with van der Waals surface area (Å²) in [5, 5.41) is 13.4. The second kappa shape index (κ2) is 9.26. The standard InChI is InChI=1S/C19H18Cl2N4OS/c1-2-25-17(11-13-3-5-14(20)6-4-13)23-24-19(25)27-12-18(26)22-16-9-7-15(21)8-10-16/h3-10H,2,11-12H2,1H3,(H,22,26). The van der Waals surface area contributed by atoms with Crippen molar-refractivity contribution in [2.45, 2.75) is 25.0 Å². The highest BCUT2D eigenvalue weighted by Crippen LogP contribution is 2.20. The van der Waals surface area contributed by atoms with Gasteiger partial charge in [0.25, 0.3) is 0 Å². The molecule has 0 saturated carbocycles. The lowest BCUT2D eigenvalue weighted by atomic mass is 10.1. The Bertz CT molecular complexity index is 910. The van der Waals surface area contributed by atoms with Gasteiger partial charge < -0.3 is 9.88 Å². The summed E-state index contributed by atoms with van der Waals surface area (Å²) in [4.78, 5) is 12.2. The number of hydrogen-bond donors (Lipinski definition) is 1. The highest BCUT2D eigenvalue weighted by atomic mass is 35.5. The van der Waals surface area contributed by atoms with Gasteiger partial charge in [-0.2, -0.15) is 0 Å². The van der Waals surface area contributed by atoms with E-state index in [2.05, 4.69) is 15.5 Å². The minimum atomic E-state index is -0.104. The van der Waals surface area contributed by atoms with Crippen LogP contribution in [0.5, 0.6) is 0 Å². The van der Waals surface area contributed by atoms with Crippen LogP contribution in [0.3, 0.4) is 0 Å². The van der Waals surface area contributed by atoms with Gasteiger partial charge in [0.15, 0.2) is 5.16 Å². The van der Waals surface area contributed by atoms with Crippen LogP contribution in [0.25, 0.3) is 0 Å². The van der Waals surface area contributed by atoms with Gasteiger partial charge in [-0.15, -0.1) is 10.2 Å². The smallest absolute Gasteiger partial charge is 0.234 e. The molecule has 1 aromatic heterocycles. The van der Waals surface area contributed by atoms with E-state index in [1.807, 2.05) is 35.8 Å². The molecule has 3 aromatic rings. The third-order valence-corrected chi connectivity index (χ3v) is 5.32. The molecule has 27 heavy (non-hydrogen) atoms. The van der Waals surface area contributed by atoms with E-state index >= 15 is 0 Å². The number of hydrogen-bond acceptors (Lipinski definition) is 4. The van der Waals surface area contributed by atoms with Crippen LogP contribution in [0.15, 0.2) is 53.7 Å². The quantitative estimate of drug-likeness (QED) is 0.550. The molecule has 5 nitrogen and oxygen atoms in total. The molecule has 8 heteroatoms. The van der Waals surface area contributed by atoms with Gasteiger partial charge >= 0.3 is 0 Å². The van der Waals surface area contributed by atoms with Crippen molar-refractivity contribution in [3.8, 4) is 0 Å². The molecule has 0 radical (unpaired) electrons. The van der Waals surface area contributed by atoms with Crippen LogP contribution in [0, 0.1) is 0 Å². The molecule has 0 aliphatic rings. The monoisotopic (exact) mass is 420 g/mol. The van der Waals surface area contributed by atoms with Gasteiger partial charge in [0, 0.05) is 28.7 Å². The van der Waals surface area contributed by atoms with E-state index in [1.165, 1.54) is 11.8 Å². The number of rotatable bonds is 7. The van der Waals surface area contributed by atoms with E-state index in [4.69, 9.17) is 23.2 Å². The number of nitrogens with zero attached hydrogens (tertiary/aromatic N) is 3. The summed E-state index contributed by atoms with van der Waals surface area (Å²) >= 11 is 13.1. The molecular weight excluding hydrogens is 403 g/mol. The van der Waals surface area contributed by atoms with Crippen LogP contribution in [0.4, 0.5) is 5.69 Å². The Kier molecular flexibility index (Phi) is 6.77. The Balaban J connectivity index is 1.61. The number of aromatic nitrogens is 3.